The second kappa shape index (κ2) is 5.75. The van der Waals surface area contributed by atoms with Gasteiger partial charge < -0.3 is 15.4 Å². The first-order valence-electron chi connectivity index (χ1n) is 6.30. The molecule has 2 N–H and O–H groups in total. The largest absolute Gasteiger partial charge is 0.373 e. The van der Waals surface area contributed by atoms with Gasteiger partial charge in [0.05, 0.1) is 5.60 Å². The van der Waals surface area contributed by atoms with Gasteiger partial charge in [-0.25, -0.2) is 4.98 Å². The lowest BCUT2D eigenvalue weighted by molar-refractivity contribution is 0.0206. The molecule has 1 amide bonds. The summed E-state index contributed by atoms with van der Waals surface area (Å²) in [4.78, 5) is 16.1. The van der Waals surface area contributed by atoms with Crippen LogP contribution in [-0.2, 0) is 4.74 Å². The van der Waals surface area contributed by atoms with Gasteiger partial charge >= 0.3 is 0 Å². The van der Waals surface area contributed by atoms with Gasteiger partial charge in [-0.1, -0.05) is 11.6 Å². The molecule has 1 fully saturated rings. The van der Waals surface area contributed by atoms with E-state index in [9.17, 15) is 4.79 Å². The van der Waals surface area contributed by atoms with Crippen LogP contribution in [0.15, 0.2) is 12.1 Å². The van der Waals surface area contributed by atoms with E-state index < -0.39 is 0 Å². The van der Waals surface area contributed by atoms with Crippen LogP contribution in [0.3, 0.4) is 0 Å². The molecule has 0 bridgehead atoms. The summed E-state index contributed by atoms with van der Waals surface area (Å²) in [5.74, 6) is 0.401. The molecule has 1 aromatic rings. The normalized spacial score (nSPS) is 22.3. The van der Waals surface area contributed by atoms with Crippen LogP contribution in [0.5, 0.6) is 0 Å². The van der Waals surface area contributed by atoms with Gasteiger partial charge in [-0.3, -0.25) is 4.79 Å². The molecule has 0 radical (unpaired) electrons. The Hall–Kier alpha value is -1.33. The fourth-order valence-electron chi connectivity index (χ4n) is 2.10. The standard InChI is InChI=1S/C13H18ClN3O2/c1-13(4-3-5-19-13)8-16-12(18)9-6-10(14)17-11(7-9)15-2/h6-7H,3-5,8H2,1-2H3,(H,15,17)(H,16,18). The van der Waals surface area contributed by atoms with E-state index in [2.05, 4.69) is 15.6 Å². The first-order chi connectivity index (χ1) is 9.02. The van der Waals surface area contributed by atoms with Gasteiger partial charge in [0.25, 0.3) is 5.91 Å². The van der Waals surface area contributed by atoms with Crippen LogP contribution in [0.2, 0.25) is 5.15 Å². The van der Waals surface area contributed by atoms with Gasteiger partial charge in [0.15, 0.2) is 0 Å². The fraction of sp³-hybridized carbons (Fsp3) is 0.538. The van der Waals surface area contributed by atoms with E-state index in [0.29, 0.717) is 23.1 Å². The molecule has 19 heavy (non-hydrogen) atoms. The number of hydrogen-bond donors (Lipinski definition) is 2. The Morgan fingerprint density at radius 2 is 2.37 bits per heavy atom. The molecule has 0 saturated carbocycles. The van der Waals surface area contributed by atoms with Crippen molar-refractivity contribution in [3.8, 4) is 0 Å². The number of hydrogen-bond acceptors (Lipinski definition) is 4. The molecule has 2 rings (SSSR count). The highest BCUT2D eigenvalue weighted by atomic mass is 35.5. The predicted octanol–water partition coefficient (Wildman–Crippen LogP) is 2.08. The summed E-state index contributed by atoms with van der Waals surface area (Å²) < 4.78 is 5.63. The molecule has 6 heteroatoms. The highest BCUT2D eigenvalue weighted by molar-refractivity contribution is 6.29. The Balaban J connectivity index is 2.01. The third-order valence-electron chi connectivity index (χ3n) is 3.24. The molecule has 5 nitrogen and oxygen atoms in total. The van der Waals surface area contributed by atoms with Gasteiger partial charge in [-0.15, -0.1) is 0 Å². The summed E-state index contributed by atoms with van der Waals surface area (Å²) in [5.41, 5.74) is 0.240. The summed E-state index contributed by atoms with van der Waals surface area (Å²) in [6.07, 6.45) is 2.00. The van der Waals surface area contributed by atoms with Crippen molar-refractivity contribution in [3.05, 3.63) is 22.8 Å². The molecule has 1 aliphatic rings. The topological polar surface area (TPSA) is 63.2 Å². The lowest BCUT2D eigenvalue weighted by Gasteiger charge is -2.23. The zero-order valence-corrected chi connectivity index (χ0v) is 11.9. The summed E-state index contributed by atoms with van der Waals surface area (Å²) in [6.45, 7) is 3.27. The van der Waals surface area contributed by atoms with Crippen molar-refractivity contribution in [2.45, 2.75) is 25.4 Å². The summed E-state index contributed by atoms with van der Waals surface area (Å²) in [6, 6.07) is 3.22. The minimum atomic E-state index is -0.252. The lowest BCUT2D eigenvalue weighted by Crippen LogP contribution is -2.40. The number of carbonyl (C=O) groups is 1. The van der Waals surface area contributed by atoms with Gasteiger partial charge in [-0.05, 0) is 31.9 Å². The number of pyridine rings is 1. The second-order valence-electron chi connectivity index (χ2n) is 4.90. The highest BCUT2D eigenvalue weighted by Crippen LogP contribution is 2.24. The average Bonchev–Trinajstić information content (AvgIpc) is 2.82. The van der Waals surface area contributed by atoms with Crippen LogP contribution in [0, 0.1) is 0 Å². The van der Waals surface area contributed by atoms with Crippen molar-refractivity contribution in [1.29, 1.82) is 0 Å². The number of rotatable bonds is 4. The Bertz CT molecular complexity index is 473. The summed E-state index contributed by atoms with van der Waals surface area (Å²) in [7, 11) is 1.73. The molecule has 1 aromatic heterocycles. The Morgan fingerprint density at radius 1 is 1.58 bits per heavy atom. The van der Waals surface area contributed by atoms with Crippen LogP contribution in [0.1, 0.15) is 30.1 Å². The first-order valence-corrected chi connectivity index (χ1v) is 6.68. The smallest absolute Gasteiger partial charge is 0.251 e. The van der Waals surface area contributed by atoms with Crippen LogP contribution in [0.4, 0.5) is 5.82 Å². The second-order valence-corrected chi connectivity index (χ2v) is 5.29. The van der Waals surface area contributed by atoms with Gasteiger partial charge in [0.1, 0.15) is 11.0 Å². The Kier molecular flexibility index (Phi) is 4.27. The van der Waals surface area contributed by atoms with Crippen LogP contribution in [0.25, 0.3) is 0 Å². The SMILES string of the molecule is CNc1cc(C(=O)NCC2(C)CCCO2)cc(Cl)n1. The molecule has 1 aliphatic heterocycles. The number of aromatic nitrogens is 1. The van der Waals surface area contributed by atoms with Crippen molar-refractivity contribution < 1.29 is 9.53 Å². The minimum Gasteiger partial charge on any atom is -0.373 e. The molecule has 2 heterocycles. The molecule has 104 valence electrons. The molecular formula is C13H18ClN3O2. The number of amides is 1. The number of ether oxygens (including phenoxy) is 1. The quantitative estimate of drug-likeness (QED) is 0.831. The average molecular weight is 284 g/mol. The van der Waals surface area contributed by atoms with E-state index in [-0.39, 0.29) is 11.5 Å². The number of carbonyl (C=O) groups excluding carboxylic acids is 1. The molecule has 0 spiro atoms. The predicted molar refractivity (Wildman–Crippen MR) is 74.7 cm³/mol. The Labute approximate surface area is 117 Å². The third-order valence-corrected chi connectivity index (χ3v) is 3.43. The maximum absolute atomic E-state index is 12.1. The van der Waals surface area contributed by atoms with E-state index in [1.165, 1.54) is 0 Å². The molecule has 1 unspecified atom stereocenters. The van der Waals surface area contributed by atoms with Gasteiger partial charge in [0, 0.05) is 25.8 Å². The zero-order valence-electron chi connectivity index (χ0n) is 11.1. The van der Waals surface area contributed by atoms with E-state index in [0.717, 1.165) is 19.4 Å². The van der Waals surface area contributed by atoms with Crippen molar-refractivity contribution in [1.82, 2.24) is 10.3 Å². The molecule has 0 aliphatic carbocycles. The van der Waals surface area contributed by atoms with Crippen LogP contribution < -0.4 is 10.6 Å². The number of halogens is 1. The maximum atomic E-state index is 12.1. The van der Waals surface area contributed by atoms with Gasteiger partial charge in [-0.2, -0.15) is 0 Å². The fourth-order valence-corrected chi connectivity index (χ4v) is 2.31. The van der Waals surface area contributed by atoms with Crippen molar-refractivity contribution in [2.24, 2.45) is 0 Å². The van der Waals surface area contributed by atoms with Crippen LogP contribution in [-0.4, -0.2) is 36.7 Å². The molecule has 1 saturated heterocycles. The molecule has 0 aromatic carbocycles. The number of nitrogens with zero attached hydrogens (tertiary/aromatic N) is 1. The van der Waals surface area contributed by atoms with Crippen molar-refractivity contribution >= 4 is 23.3 Å². The van der Waals surface area contributed by atoms with Crippen molar-refractivity contribution in [3.63, 3.8) is 0 Å². The number of nitrogens with one attached hydrogen (secondary N) is 2. The summed E-state index contributed by atoms with van der Waals surface area (Å²) in [5, 5.41) is 6.04. The highest BCUT2D eigenvalue weighted by Gasteiger charge is 2.30. The van der Waals surface area contributed by atoms with Crippen molar-refractivity contribution in [2.75, 3.05) is 25.5 Å². The zero-order chi connectivity index (χ0) is 13.9. The Morgan fingerprint density at radius 3 is 3.00 bits per heavy atom. The number of anilines is 1. The molecular weight excluding hydrogens is 266 g/mol. The maximum Gasteiger partial charge on any atom is 0.251 e. The monoisotopic (exact) mass is 283 g/mol. The first kappa shape index (κ1) is 14.1. The van der Waals surface area contributed by atoms with E-state index in [1.807, 2.05) is 6.92 Å². The van der Waals surface area contributed by atoms with E-state index in [1.54, 1.807) is 19.2 Å². The lowest BCUT2D eigenvalue weighted by atomic mass is 10.0. The molecule has 1 atom stereocenters. The van der Waals surface area contributed by atoms with E-state index in [4.69, 9.17) is 16.3 Å². The minimum absolute atomic E-state index is 0.169. The van der Waals surface area contributed by atoms with Crippen LogP contribution >= 0.6 is 11.6 Å². The summed E-state index contributed by atoms with van der Waals surface area (Å²) >= 11 is 5.87. The van der Waals surface area contributed by atoms with Gasteiger partial charge in [0.2, 0.25) is 0 Å². The van der Waals surface area contributed by atoms with E-state index >= 15 is 0 Å². The third kappa shape index (κ3) is 3.58.